The number of rotatable bonds is 5. The van der Waals surface area contributed by atoms with Gasteiger partial charge in [0, 0.05) is 25.5 Å². The molecule has 0 aliphatic carbocycles. The highest BCUT2D eigenvalue weighted by Crippen LogP contribution is 2.02. The lowest BCUT2D eigenvalue weighted by atomic mass is 10.3. The summed E-state index contributed by atoms with van der Waals surface area (Å²) in [7, 11) is 0. The Morgan fingerprint density at radius 3 is 2.35 bits per heavy atom. The summed E-state index contributed by atoms with van der Waals surface area (Å²) in [5, 5.41) is 17.0. The van der Waals surface area contributed by atoms with Gasteiger partial charge >= 0.3 is 0 Å². The molecule has 0 fully saturated rings. The molecule has 0 atom stereocenters. The Kier molecular flexibility index (Phi) is 5.12. The fraction of sp³-hybridized carbons (Fsp3) is 0.364. The van der Waals surface area contributed by atoms with E-state index in [4.69, 9.17) is 10.5 Å². The van der Waals surface area contributed by atoms with Crippen molar-refractivity contribution in [2.24, 2.45) is 0 Å². The average molecular weight is 229 g/mol. The summed E-state index contributed by atoms with van der Waals surface area (Å²) < 4.78 is 0. The Bertz CT molecular complexity index is 427. The molecule has 0 spiro atoms. The van der Waals surface area contributed by atoms with E-state index in [9.17, 15) is 4.79 Å². The maximum absolute atomic E-state index is 12.0. The molecule has 0 aromatic carbocycles. The van der Waals surface area contributed by atoms with Crippen LogP contribution in [0, 0.1) is 22.7 Å². The Hall–Kier alpha value is -2.47. The van der Waals surface area contributed by atoms with E-state index in [1.54, 1.807) is 0 Å². The van der Waals surface area contributed by atoms with E-state index in [1.165, 1.54) is 23.5 Å². The molecule has 6 heteroatoms. The lowest BCUT2D eigenvalue weighted by Crippen LogP contribution is -2.33. The van der Waals surface area contributed by atoms with Crippen LogP contribution >= 0.6 is 0 Å². The molecule has 0 saturated carbocycles. The number of nitriles is 2. The van der Waals surface area contributed by atoms with Crippen molar-refractivity contribution in [1.82, 2.24) is 14.9 Å². The van der Waals surface area contributed by atoms with E-state index in [1.807, 2.05) is 12.1 Å². The van der Waals surface area contributed by atoms with Gasteiger partial charge in [-0.1, -0.05) is 0 Å². The van der Waals surface area contributed by atoms with Gasteiger partial charge in [0.2, 0.25) is 0 Å². The first-order valence-corrected chi connectivity index (χ1v) is 5.08. The van der Waals surface area contributed by atoms with Gasteiger partial charge < -0.3 is 4.90 Å². The van der Waals surface area contributed by atoms with Gasteiger partial charge in [-0.25, -0.2) is 4.98 Å². The van der Waals surface area contributed by atoms with Gasteiger partial charge in [0.1, 0.15) is 5.69 Å². The molecule has 1 heterocycles. The Morgan fingerprint density at radius 2 is 1.88 bits per heavy atom. The molecule has 17 heavy (non-hydrogen) atoms. The molecule has 0 unspecified atom stereocenters. The van der Waals surface area contributed by atoms with Crippen molar-refractivity contribution in [3.63, 3.8) is 0 Å². The summed E-state index contributed by atoms with van der Waals surface area (Å²) in [6.45, 7) is 0.598. The molecule has 0 N–H and O–H groups in total. The Balaban J connectivity index is 2.73. The highest BCUT2D eigenvalue weighted by atomic mass is 16.2. The van der Waals surface area contributed by atoms with Gasteiger partial charge in [0.15, 0.2) is 0 Å². The van der Waals surface area contributed by atoms with Crippen LogP contribution in [0.3, 0.4) is 0 Å². The third kappa shape index (κ3) is 3.88. The smallest absolute Gasteiger partial charge is 0.274 e. The number of aromatic nitrogens is 2. The lowest BCUT2D eigenvalue weighted by molar-refractivity contribution is 0.0756. The molecule has 1 amide bonds. The zero-order chi connectivity index (χ0) is 12.5. The molecule has 86 valence electrons. The minimum atomic E-state index is -0.302. The quantitative estimate of drug-likeness (QED) is 0.742. The van der Waals surface area contributed by atoms with Gasteiger partial charge in [-0.2, -0.15) is 10.5 Å². The molecule has 0 aliphatic heterocycles. The minimum absolute atomic E-state index is 0.225. The first-order chi connectivity index (χ1) is 8.29. The number of nitrogens with zero attached hydrogens (tertiary/aromatic N) is 5. The van der Waals surface area contributed by atoms with Crippen molar-refractivity contribution < 1.29 is 4.79 Å². The van der Waals surface area contributed by atoms with Crippen molar-refractivity contribution in [2.45, 2.75) is 12.8 Å². The number of hydrogen-bond donors (Lipinski definition) is 0. The SMILES string of the molecule is N#CCCN(CCC#N)C(=O)c1cnccn1. The van der Waals surface area contributed by atoms with Crippen molar-refractivity contribution >= 4 is 5.91 Å². The summed E-state index contributed by atoms with van der Waals surface area (Å²) in [6.07, 6.45) is 4.74. The molecule has 1 aromatic heterocycles. The first kappa shape index (κ1) is 12.6. The highest BCUT2D eigenvalue weighted by molar-refractivity contribution is 5.91. The summed E-state index contributed by atoms with van der Waals surface area (Å²) in [6, 6.07) is 3.94. The largest absolute Gasteiger partial charge is 0.335 e. The first-order valence-electron chi connectivity index (χ1n) is 5.08. The van der Waals surface area contributed by atoms with Crippen LogP contribution < -0.4 is 0 Å². The Morgan fingerprint density at radius 1 is 1.24 bits per heavy atom. The zero-order valence-corrected chi connectivity index (χ0v) is 9.20. The van der Waals surface area contributed by atoms with Crippen molar-refractivity contribution in [3.8, 4) is 12.1 Å². The fourth-order valence-corrected chi connectivity index (χ4v) is 1.26. The zero-order valence-electron chi connectivity index (χ0n) is 9.20. The van der Waals surface area contributed by atoms with Crippen LogP contribution in [0.15, 0.2) is 18.6 Å². The summed E-state index contributed by atoms with van der Waals surface area (Å²) in [5.41, 5.74) is 0.225. The third-order valence-electron chi connectivity index (χ3n) is 2.06. The minimum Gasteiger partial charge on any atom is -0.335 e. The summed E-state index contributed by atoms with van der Waals surface area (Å²) in [5.74, 6) is -0.302. The molecule has 6 nitrogen and oxygen atoms in total. The number of carbonyl (C=O) groups excluding carboxylic acids is 1. The highest BCUT2D eigenvalue weighted by Gasteiger charge is 2.16. The molecule has 0 radical (unpaired) electrons. The average Bonchev–Trinajstić information content (AvgIpc) is 2.39. The standard InChI is InChI=1S/C11H11N5O/c12-3-1-7-16(8-2-4-13)11(17)10-9-14-5-6-15-10/h5-6,9H,1-2,7-8H2. The lowest BCUT2D eigenvalue weighted by Gasteiger charge is -2.19. The fourth-order valence-electron chi connectivity index (χ4n) is 1.26. The van der Waals surface area contributed by atoms with Crippen LogP contribution in [0.4, 0.5) is 0 Å². The second-order valence-corrected chi connectivity index (χ2v) is 3.20. The van der Waals surface area contributed by atoms with Crippen molar-refractivity contribution in [3.05, 3.63) is 24.3 Å². The molecular weight excluding hydrogens is 218 g/mol. The second kappa shape index (κ2) is 6.91. The number of hydrogen-bond acceptors (Lipinski definition) is 5. The van der Waals surface area contributed by atoms with E-state index in [2.05, 4.69) is 9.97 Å². The van der Waals surface area contributed by atoms with Gasteiger partial charge in [0.25, 0.3) is 5.91 Å². The predicted octanol–water partition coefficient (Wildman–Crippen LogP) is 0.746. The van der Waals surface area contributed by atoms with Gasteiger partial charge in [-0.15, -0.1) is 0 Å². The van der Waals surface area contributed by atoms with Gasteiger partial charge in [-0.3, -0.25) is 9.78 Å². The molecule has 0 bridgehead atoms. The topological polar surface area (TPSA) is 93.7 Å². The number of carbonyl (C=O) groups is 1. The maximum Gasteiger partial charge on any atom is 0.274 e. The van der Waals surface area contributed by atoms with Gasteiger partial charge in [-0.05, 0) is 0 Å². The van der Waals surface area contributed by atoms with Gasteiger partial charge in [0.05, 0.1) is 31.2 Å². The van der Waals surface area contributed by atoms with E-state index in [0.29, 0.717) is 13.1 Å². The van der Waals surface area contributed by atoms with Crippen LogP contribution in [0.5, 0.6) is 0 Å². The van der Waals surface area contributed by atoms with Crippen LogP contribution in [0.2, 0.25) is 0 Å². The van der Waals surface area contributed by atoms with Crippen LogP contribution in [0.25, 0.3) is 0 Å². The predicted molar refractivity (Wildman–Crippen MR) is 58.4 cm³/mol. The molecular formula is C11H11N5O. The Labute approximate surface area is 99.1 Å². The van der Waals surface area contributed by atoms with Crippen molar-refractivity contribution in [1.29, 1.82) is 10.5 Å². The maximum atomic E-state index is 12.0. The van der Waals surface area contributed by atoms with Crippen molar-refractivity contribution in [2.75, 3.05) is 13.1 Å². The van der Waals surface area contributed by atoms with E-state index in [-0.39, 0.29) is 24.4 Å². The monoisotopic (exact) mass is 229 g/mol. The normalized spacial score (nSPS) is 9.06. The van der Waals surface area contributed by atoms with E-state index >= 15 is 0 Å². The van der Waals surface area contributed by atoms with Crippen LogP contribution in [0.1, 0.15) is 23.3 Å². The molecule has 0 aliphatic rings. The molecule has 1 rings (SSSR count). The van der Waals surface area contributed by atoms with Crippen LogP contribution in [-0.4, -0.2) is 33.9 Å². The summed E-state index contributed by atoms with van der Waals surface area (Å²) in [4.78, 5) is 21.1. The third-order valence-corrected chi connectivity index (χ3v) is 2.06. The van der Waals surface area contributed by atoms with Crippen LogP contribution in [-0.2, 0) is 0 Å². The molecule has 0 saturated heterocycles. The molecule has 1 aromatic rings. The number of amides is 1. The van der Waals surface area contributed by atoms with E-state index < -0.39 is 0 Å². The van der Waals surface area contributed by atoms with E-state index in [0.717, 1.165) is 0 Å². The summed E-state index contributed by atoms with van der Waals surface area (Å²) >= 11 is 0. The second-order valence-electron chi connectivity index (χ2n) is 3.20.